The van der Waals surface area contributed by atoms with Gasteiger partial charge < -0.3 is 15.0 Å². The molecule has 0 aromatic heterocycles. The molecule has 19 heavy (non-hydrogen) atoms. The summed E-state index contributed by atoms with van der Waals surface area (Å²) in [6, 6.07) is 6.75. The molecule has 104 valence electrons. The summed E-state index contributed by atoms with van der Waals surface area (Å²) >= 11 is 0. The monoisotopic (exact) mass is 260 g/mol. The number of nitrogens with one attached hydrogen (secondary N) is 1. The first-order valence-electron chi connectivity index (χ1n) is 7.56. The maximum Gasteiger partial charge on any atom is 0.0750 e. The van der Waals surface area contributed by atoms with Gasteiger partial charge in [-0.3, -0.25) is 0 Å². The highest BCUT2D eigenvalue weighted by Gasteiger charge is 2.21. The number of rotatable bonds is 4. The molecule has 0 bridgehead atoms. The van der Waals surface area contributed by atoms with Crippen molar-refractivity contribution in [3.63, 3.8) is 0 Å². The molecule has 3 rings (SSSR count). The second kappa shape index (κ2) is 5.93. The number of benzene rings is 1. The van der Waals surface area contributed by atoms with Gasteiger partial charge in [0, 0.05) is 31.9 Å². The minimum Gasteiger partial charge on any atom is -0.376 e. The number of anilines is 1. The van der Waals surface area contributed by atoms with Crippen LogP contribution in [-0.2, 0) is 17.7 Å². The standard InChI is InChI=1S/C16H24N2O/c1-2-18(12-14-6-4-10-19-14)16-7-3-5-13-8-9-17-11-15(13)16/h3,5,7,14,17H,2,4,6,8-12H2,1H3. The molecular formula is C16H24N2O. The zero-order chi connectivity index (χ0) is 13.1. The maximum atomic E-state index is 5.79. The molecule has 1 fully saturated rings. The SMILES string of the molecule is CCN(CC1CCCO1)c1cccc2c1CNCC2. The molecule has 1 aromatic carbocycles. The van der Waals surface area contributed by atoms with E-state index in [1.165, 1.54) is 29.7 Å². The predicted octanol–water partition coefficient (Wildman–Crippen LogP) is 2.34. The number of ether oxygens (including phenoxy) is 1. The van der Waals surface area contributed by atoms with Gasteiger partial charge in [-0.05, 0) is 49.9 Å². The second-order valence-corrected chi connectivity index (χ2v) is 5.52. The van der Waals surface area contributed by atoms with E-state index in [4.69, 9.17) is 4.74 Å². The lowest BCUT2D eigenvalue weighted by molar-refractivity contribution is 0.115. The van der Waals surface area contributed by atoms with Crippen LogP contribution in [0.15, 0.2) is 18.2 Å². The van der Waals surface area contributed by atoms with Crippen LogP contribution in [0.5, 0.6) is 0 Å². The lowest BCUT2D eigenvalue weighted by Gasteiger charge is -2.30. The molecule has 0 spiro atoms. The third kappa shape index (κ3) is 2.77. The molecule has 1 aromatic rings. The quantitative estimate of drug-likeness (QED) is 0.899. The van der Waals surface area contributed by atoms with Crippen molar-refractivity contribution in [1.29, 1.82) is 0 Å². The van der Waals surface area contributed by atoms with Crippen molar-refractivity contribution < 1.29 is 4.74 Å². The third-order valence-electron chi connectivity index (χ3n) is 4.29. The highest BCUT2D eigenvalue weighted by atomic mass is 16.5. The topological polar surface area (TPSA) is 24.5 Å². The Morgan fingerprint density at radius 1 is 1.42 bits per heavy atom. The second-order valence-electron chi connectivity index (χ2n) is 5.52. The van der Waals surface area contributed by atoms with Gasteiger partial charge in [-0.2, -0.15) is 0 Å². The van der Waals surface area contributed by atoms with Crippen LogP contribution in [0.4, 0.5) is 5.69 Å². The average molecular weight is 260 g/mol. The maximum absolute atomic E-state index is 5.79. The summed E-state index contributed by atoms with van der Waals surface area (Å²) in [5.74, 6) is 0. The number of hydrogen-bond donors (Lipinski definition) is 1. The lowest BCUT2D eigenvalue weighted by atomic mass is 9.98. The van der Waals surface area contributed by atoms with Gasteiger partial charge in [0.15, 0.2) is 0 Å². The smallest absolute Gasteiger partial charge is 0.0750 e. The van der Waals surface area contributed by atoms with Crippen LogP contribution in [0.1, 0.15) is 30.9 Å². The molecule has 1 unspecified atom stereocenters. The van der Waals surface area contributed by atoms with Crippen LogP contribution in [0.2, 0.25) is 0 Å². The molecule has 0 saturated carbocycles. The predicted molar refractivity (Wildman–Crippen MR) is 78.7 cm³/mol. The Morgan fingerprint density at radius 3 is 3.16 bits per heavy atom. The average Bonchev–Trinajstić information content (AvgIpc) is 2.97. The largest absolute Gasteiger partial charge is 0.376 e. The Hall–Kier alpha value is -1.06. The van der Waals surface area contributed by atoms with E-state index in [2.05, 4.69) is 35.3 Å². The molecule has 3 heteroatoms. The highest BCUT2D eigenvalue weighted by Crippen LogP contribution is 2.27. The molecule has 1 saturated heterocycles. The van der Waals surface area contributed by atoms with Crippen molar-refractivity contribution in [3.8, 4) is 0 Å². The van der Waals surface area contributed by atoms with E-state index in [0.29, 0.717) is 6.10 Å². The highest BCUT2D eigenvalue weighted by molar-refractivity contribution is 5.57. The fraction of sp³-hybridized carbons (Fsp3) is 0.625. The van der Waals surface area contributed by atoms with Crippen LogP contribution in [0.25, 0.3) is 0 Å². The van der Waals surface area contributed by atoms with Crippen LogP contribution < -0.4 is 10.2 Å². The zero-order valence-corrected chi connectivity index (χ0v) is 11.8. The van der Waals surface area contributed by atoms with Crippen molar-refractivity contribution in [2.45, 2.75) is 38.8 Å². The van der Waals surface area contributed by atoms with Gasteiger partial charge in [-0.1, -0.05) is 12.1 Å². The summed E-state index contributed by atoms with van der Waals surface area (Å²) in [5.41, 5.74) is 4.42. The van der Waals surface area contributed by atoms with Crippen molar-refractivity contribution in [2.24, 2.45) is 0 Å². The van der Waals surface area contributed by atoms with Crippen LogP contribution >= 0.6 is 0 Å². The molecule has 0 amide bonds. The van der Waals surface area contributed by atoms with E-state index in [1.54, 1.807) is 0 Å². The lowest BCUT2D eigenvalue weighted by Crippen LogP contribution is -2.34. The molecule has 2 heterocycles. The van der Waals surface area contributed by atoms with Gasteiger partial charge in [0.25, 0.3) is 0 Å². The van der Waals surface area contributed by atoms with Crippen LogP contribution in [-0.4, -0.2) is 32.3 Å². The summed E-state index contributed by atoms with van der Waals surface area (Å²) < 4.78 is 5.79. The van der Waals surface area contributed by atoms with Crippen LogP contribution in [0.3, 0.4) is 0 Å². The Kier molecular flexibility index (Phi) is 4.04. The van der Waals surface area contributed by atoms with E-state index in [1.807, 2.05) is 0 Å². The van der Waals surface area contributed by atoms with Crippen LogP contribution in [0, 0.1) is 0 Å². The van der Waals surface area contributed by atoms with Crippen molar-refractivity contribution in [1.82, 2.24) is 5.32 Å². The van der Waals surface area contributed by atoms with E-state index in [9.17, 15) is 0 Å². The van der Waals surface area contributed by atoms with Crippen molar-refractivity contribution in [3.05, 3.63) is 29.3 Å². The molecule has 0 radical (unpaired) electrons. The molecular weight excluding hydrogens is 236 g/mol. The molecule has 1 N–H and O–H groups in total. The number of hydrogen-bond acceptors (Lipinski definition) is 3. The summed E-state index contributed by atoms with van der Waals surface area (Å²) in [7, 11) is 0. The van der Waals surface area contributed by atoms with E-state index < -0.39 is 0 Å². The van der Waals surface area contributed by atoms with Gasteiger partial charge in [-0.25, -0.2) is 0 Å². The Bertz CT molecular complexity index is 427. The normalized spacial score (nSPS) is 22.3. The number of likely N-dealkylation sites (N-methyl/N-ethyl adjacent to an activating group) is 1. The fourth-order valence-electron chi connectivity index (χ4n) is 3.22. The van der Waals surface area contributed by atoms with Gasteiger partial charge in [0.05, 0.1) is 6.10 Å². The first-order chi connectivity index (χ1) is 9.38. The van der Waals surface area contributed by atoms with E-state index in [-0.39, 0.29) is 0 Å². The number of fused-ring (bicyclic) bond motifs is 1. The zero-order valence-electron chi connectivity index (χ0n) is 11.8. The Morgan fingerprint density at radius 2 is 2.37 bits per heavy atom. The molecule has 2 aliphatic heterocycles. The third-order valence-corrected chi connectivity index (χ3v) is 4.29. The minimum absolute atomic E-state index is 0.423. The van der Waals surface area contributed by atoms with E-state index >= 15 is 0 Å². The summed E-state index contributed by atoms with van der Waals surface area (Å²) in [5, 5.41) is 3.50. The first-order valence-corrected chi connectivity index (χ1v) is 7.56. The van der Waals surface area contributed by atoms with Gasteiger partial charge >= 0.3 is 0 Å². The summed E-state index contributed by atoms with van der Waals surface area (Å²) in [6.45, 7) is 7.38. The minimum atomic E-state index is 0.423. The molecule has 0 aliphatic carbocycles. The van der Waals surface area contributed by atoms with Crippen molar-refractivity contribution in [2.75, 3.05) is 31.1 Å². The summed E-state index contributed by atoms with van der Waals surface area (Å²) in [6.07, 6.45) is 4.01. The fourth-order valence-corrected chi connectivity index (χ4v) is 3.22. The van der Waals surface area contributed by atoms with Gasteiger partial charge in [-0.15, -0.1) is 0 Å². The first kappa shape index (κ1) is 12.9. The van der Waals surface area contributed by atoms with Gasteiger partial charge in [0.2, 0.25) is 0 Å². The van der Waals surface area contributed by atoms with Crippen molar-refractivity contribution >= 4 is 5.69 Å². The molecule has 1 atom stereocenters. The molecule has 2 aliphatic rings. The Balaban J connectivity index is 1.81. The number of nitrogens with zero attached hydrogens (tertiary/aromatic N) is 1. The summed E-state index contributed by atoms with van der Waals surface area (Å²) in [4.78, 5) is 2.49. The van der Waals surface area contributed by atoms with E-state index in [0.717, 1.165) is 39.2 Å². The molecule has 3 nitrogen and oxygen atoms in total. The Labute approximate surface area is 115 Å². The van der Waals surface area contributed by atoms with Gasteiger partial charge in [0.1, 0.15) is 0 Å².